The Morgan fingerprint density at radius 2 is 2.07 bits per heavy atom. The SMILES string of the molecule is O=C(Cl)c1c(I)cnc(I)c1C(F)F. The Balaban J connectivity index is 3.50. The van der Waals surface area contributed by atoms with Crippen LogP contribution in [0.2, 0.25) is 0 Å². The quantitative estimate of drug-likeness (QED) is 0.397. The van der Waals surface area contributed by atoms with Crippen molar-refractivity contribution in [3.63, 3.8) is 0 Å². The van der Waals surface area contributed by atoms with Crippen molar-refractivity contribution in [2.24, 2.45) is 0 Å². The zero-order chi connectivity index (χ0) is 10.9. The van der Waals surface area contributed by atoms with Crippen LogP contribution in [0.15, 0.2) is 6.20 Å². The maximum Gasteiger partial charge on any atom is 0.267 e. The summed E-state index contributed by atoms with van der Waals surface area (Å²) >= 11 is 8.61. The monoisotopic (exact) mass is 443 g/mol. The van der Waals surface area contributed by atoms with Crippen molar-refractivity contribution >= 4 is 62.0 Å². The van der Waals surface area contributed by atoms with Gasteiger partial charge in [0.2, 0.25) is 0 Å². The average Bonchev–Trinajstić information content (AvgIpc) is 2.07. The van der Waals surface area contributed by atoms with E-state index in [0.29, 0.717) is 3.57 Å². The molecule has 0 radical (unpaired) electrons. The smallest absolute Gasteiger partial charge is 0.267 e. The number of hydrogen-bond acceptors (Lipinski definition) is 2. The van der Waals surface area contributed by atoms with Gasteiger partial charge in [-0.05, 0) is 56.8 Å². The fourth-order valence-electron chi connectivity index (χ4n) is 0.878. The maximum absolute atomic E-state index is 12.6. The lowest BCUT2D eigenvalue weighted by Crippen LogP contribution is -2.06. The second kappa shape index (κ2) is 4.97. The second-order valence-corrected chi connectivity index (χ2v) is 4.79. The van der Waals surface area contributed by atoms with Gasteiger partial charge in [-0.3, -0.25) is 4.79 Å². The van der Waals surface area contributed by atoms with Gasteiger partial charge < -0.3 is 0 Å². The van der Waals surface area contributed by atoms with Crippen molar-refractivity contribution in [2.45, 2.75) is 6.43 Å². The van der Waals surface area contributed by atoms with Gasteiger partial charge in [0.25, 0.3) is 11.7 Å². The molecule has 76 valence electrons. The van der Waals surface area contributed by atoms with E-state index in [9.17, 15) is 13.6 Å². The molecule has 0 amide bonds. The van der Waals surface area contributed by atoms with Gasteiger partial charge in [0.05, 0.1) is 11.1 Å². The lowest BCUT2D eigenvalue weighted by Gasteiger charge is -2.08. The van der Waals surface area contributed by atoms with Crippen molar-refractivity contribution < 1.29 is 13.6 Å². The third-order valence-electron chi connectivity index (χ3n) is 1.44. The summed E-state index contributed by atoms with van der Waals surface area (Å²) < 4.78 is 25.6. The van der Waals surface area contributed by atoms with Crippen LogP contribution in [0.5, 0.6) is 0 Å². The molecule has 0 unspecified atom stereocenters. The van der Waals surface area contributed by atoms with Gasteiger partial charge in [0, 0.05) is 9.77 Å². The number of pyridine rings is 1. The highest BCUT2D eigenvalue weighted by Gasteiger charge is 2.23. The van der Waals surface area contributed by atoms with Crippen LogP contribution in [0.3, 0.4) is 0 Å². The molecule has 0 aromatic carbocycles. The molecule has 0 aliphatic heterocycles. The normalized spacial score (nSPS) is 10.7. The van der Waals surface area contributed by atoms with E-state index >= 15 is 0 Å². The number of aromatic nitrogens is 1. The first-order valence-electron chi connectivity index (χ1n) is 3.27. The van der Waals surface area contributed by atoms with E-state index in [1.54, 1.807) is 45.2 Å². The number of carbonyl (C=O) groups is 1. The molecule has 0 N–H and O–H groups in total. The molecule has 1 heterocycles. The minimum atomic E-state index is -2.75. The van der Waals surface area contributed by atoms with E-state index in [1.165, 1.54) is 6.20 Å². The molecular weight excluding hydrogens is 441 g/mol. The molecular formula is C7H2ClF2I2NO. The lowest BCUT2D eigenvalue weighted by molar-refractivity contribution is 0.106. The fraction of sp³-hybridized carbons (Fsp3) is 0.143. The first-order valence-corrected chi connectivity index (χ1v) is 5.80. The van der Waals surface area contributed by atoms with Gasteiger partial charge in [0.15, 0.2) is 0 Å². The van der Waals surface area contributed by atoms with Crippen LogP contribution in [0, 0.1) is 7.27 Å². The summed E-state index contributed by atoms with van der Waals surface area (Å²) in [4.78, 5) is 14.7. The summed E-state index contributed by atoms with van der Waals surface area (Å²) in [6, 6.07) is 0. The highest BCUT2D eigenvalue weighted by Crippen LogP contribution is 2.30. The molecule has 0 fully saturated rings. The molecule has 14 heavy (non-hydrogen) atoms. The van der Waals surface area contributed by atoms with E-state index in [1.807, 2.05) is 0 Å². The summed E-state index contributed by atoms with van der Waals surface area (Å²) in [7, 11) is 0. The fourth-order valence-corrected chi connectivity index (χ4v) is 2.56. The number of hydrogen-bond donors (Lipinski definition) is 0. The Morgan fingerprint density at radius 3 is 2.43 bits per heavy atom. The summed E-state index contributed by atoms with van der Waals surface area (Å²) in [5.41, 5.74) is -0.542. The average molecular weight is 443 g/mol. The Bertz CT molecular complexity index is 386. The van der Waals surface area contributed by atoms with Gasteiger partial charge in [0.1, 0.15) is 3.70 Å². The van der Waals surface area contributed by atoms with Crippen molar-refractivity contribution in [2.75, 3.05) is 0 Å². The first kappa shape index (κ1) is 12.5. The van der Waals surface area contributed by atoms with Crippen LogP contribution < -0.4 is 0 Å². The largest absolute Gasteiger partial charge is 0.276 e. The third-order valence-corrected chi connectivity index (χ3v) is 3.30. The third kappa shape index (κ3) is 2.51. The highest BCUT2D eigenvalue weighted by atomic mass is 127. The number of halogens is 5. The molecule has 0 aliphatic carbocycles. The number of alkyl halides is 2. The van der Waals surface area contributed by atoms with E-state index in [4.69, 9.17) is 11.6 Å². The number of nitrogens with zero attached hydrogens (tertiary/aromatic N) is 1. The molecule has 7 heteroatoms. The maximum atomic E-state index is 12.6. The standard InChI is InChI=1S/C7H2ClF2I2NO/c8-5(14)3-2(11)1-13-7(12)4(3)6(9)10/h1,6H. The van der Waals surface area contributed by atoms with Crippen molar-refractivity contribution in [1.29, 1.82) is 0 Å². The molecule has 2 nitrogen and oxygen atoms in total. The van der Waals surface area contributed by atoms with E-state index in [2.05, 4.69) is 4.98 Å². The Kier molecular flexibility index (Phi) is 4.44. The zero-order valence-electron chi connectivity index (χ0n) is 6.40. The van der Waals surface area contributed by atoms with Gasteiger partial charge in [-0.15, -0.1) is 0 Å². The Morgan fingerprint density at radius 1 is 1.50 bits per heavy atom. The van der Waals surface area contributed by atoms with Crippen LogP contribution in [0.1, 0.15) is 22.3 Å². The molecule has 0 aliphatic rings. The summed E-state index contributed by atoms with van der Waals surface area (Å²) in [6.45, 7) is 0. The second-order valence-electron chi connectivity index (χ2n) is 2.26. The van der Waals surface area contributed by atoms with Crippen LogP contribution in [-0.2, 0) is 0 Å². The van der Waals surface area contributed by atoms with Crippen molar-refractivity contribution in [3.8, 4) is 0 Å². The summed E-state index contributed by atoms with van der Waals surface area (Å²) in [6.07, 6.45) is -1.41. The van der Waals surface area contributed by atoms with Crippen LogP contribution >= 0.6 is 56.8 Å². The highest BCUT2D eigenvalue weighted by molar-refractivity contribution is 14.1. The first-order chi connectivity index (χ1) is 6.45. The predicted octanol–water partition coefficient (Wildman–Crippen LogP) is 3.61. The van der Waals surface area contributed by atoms with Crippen LogP contribution in [0.4, 0.5) is 8.78 Å². The topological polar surface area (TPSA) is 30.0 Å². The van der Waals surface area contributed by atoms with Crippen molar-refractivity contribution in [3.05, 3.63) is 24.6 Å². The van der Waals surface area contributed by atoms with Gasteiger partial charge in [-0.1, -0.05) is 0 Å². The molecule has 0 atom stereocenters. The molecule has 1 aromatic rings. The summed E-state index contributed by atoms with van der Waals surface area (Å²) in [5.74, 6) is 0. The Labute approximate surface area is 111 Å². The van der Waals surface area contributed by atoms with Crippen LogP contribution in [-0.4, -0.2) is 10.2 Å². The van der Waals surface area contributed by atoms with Crippen molar-refractivity contribution in [1.82, 2.24) is 4.98 Å². The number of rotatable bonds is 2. The van der Waals surface area contributed by atoms with E-state index < -0.39 is 17.2 Å². The zero-order valence-corrected chi connectivity index (χ0v) is 11.5. The molecule has 0 saturated heterocycles. The van der Waals surface area contributed by atoms with Gasteiger partial charge in [-0.2, -0.15) is 0 Å². The predicted molar refractivity (Wildman–Crippen MR) is 64.8 cm³/mol. The number of carbonyl (C=O) groups excluding carboxylic acids is 1. The van der Waals surface area contributed by atoms with E-state index in [0.717, 1.165) is 0 Å². The molecule has 0 spiro atoms. The Hall–Kier alpha value is 0.430. The van der Waals surface area contributed by atoms with E-state index in [-0.39, 0.29) is 9.26 Å². The van der Waals surface area contributed by atoms with Gasteiger partial charge >= 0.3 is 0 Å². The minimum absolute atomic E-state index is 0.0991. The molecule has 1 aromatic heterocycles. The van der Waals surface area contributed by atoms with Gasteiger partial charge in [-0.25, -0.2) is 13.8 Å². The summed E-state index contributed by atoms with van der Waals surface area (Å²) in [5, 5.41) is -0.884. The van der Waals surface area contributed by atoms with Crippen LogP contribution in [0.25, 0.3) is 0 Å². The molecule has 0 bridgehead atoms. The lowest BCUT2D eigenvalue weighted by atomic mass is 10.1. The molecule has 0 saturated carbocycles. The minimum Gasteiger partial charge on any atom is -0.276 e. The molecule has 1 rings (SSSR count).